The molecule has 1 atom stereocenters. The molecule has 1 aromatic heterocycles. The van der Waals surface area contributed by atoms with Crippen molar-refractivity contribution in [3.63, 3.8) is 0 Å². The lowest BCUT2D eigenvalue weighted by Crippen LogP contribution is -2.53. The van der Waals surface area contributed by atoms with E-state index < -0.39 is 5.67 Å². The van der Waals surface area contributed by atoms with Crippen LogP contribution in [-0.2, 0) is 0 Å². The lowest BCUT2D eigenvalue weighted by Gasteiger charge is -2.41. The molecule has 4 heteroatoms. The number of hydrogen-bond acceptors (Lipinski definition) is 3. The molecule has 0 amide bonds. The zero-order valence-electron chi connectivity index (χ0n) is 10.8. The van der Waals surface area contributed by atoms with Crippen molar-refractivity contribution in [2.45, 2.75) is 31.5 Å². The van der Waals surface area contributed by atoms with Gasteiger partial charge in [-0.25, -0.2) is 4.39 Å². The molecule has 0 spiro atoms. The van der Waals surface area contributed by atoms with Gasteiger partial charge in [0.15, 0.2) is 0 Å². The quantitative estimate of drug-likeness (QED) is 0.817. The van der Waals surface area contributed by atoms with Gasteiger partial charge < -0.3 is 4.90 Å². The smallest absolute Gasteiger partial charge is 0.123 e. The van der Waals surface area contributed by atoms with Crippen LogP contribution in [0.5, 0.6) is 0 Å². The van der Waals surface area contributed by atoms with E-state index in [1.807, 2.05) is 24.5 Å². The van der Waals surface area contributed by atoms with Crippen molar-refractivity contribution in [3.05, 3.63) is 24.5 Å². The third-order valence-electron chi connectivity index (χ3n) is 4.01. The number of halogens is 1. The van der Waals surface area contributed by atoms with E-state index in [4.69, 9.17) is 0 Å². The van der Waals surface area contributed by atoms with Crippen LogP contribution in [-0.4, -0.2) is 47.8 Å². The number of piperazine rings is 1. The van der Waals surface area contributed by atoms with Crippen molar-refractivity contribution in [2.24, 2.45) is 0 Å². The van der Waals surface area contributed by atoms with Gasteiger partial charge in [-0.1, -0.05) is 0 Å². The summed E-state index contributed by atoms with van der Waals surface area (Å²) in [6, 6.07) is 4.52. The maximum Gasteiger partial charge on any atom is 0.123 e. The summed E-state index contributed by atoms with van der Waals surface area (Å²) in [4.78, 5) is 8.71. The zero-order chi connectivity index (χ0) is 12.6. The molecule has 1 aliphatic heterocycles. The van der Waals surface area contributed by atoms with Crippen LogP contribution in [0.3, 0.4) is 0 Å². The second-order valence-electron chi connectivity index (χ2n) is 5.63. The average molecular weight is 249 g/mol. The molecule has 1 saturated heterocycles. The van der Waals surface area contributed by atoms with Crippen LogP contribution in [0.2, 0.25) is 0 Å². The summed E-state index contributed by atoms with van der Waals surface area (Å²) in [6.07, 6.45) is 5.17. The Hall–Kier alpha value is -1.16. The van der Waals surface area contributed by atoms with E-state index in [9.17, 15) is 4.39 Å². The highest BCUT2D eigenvalue weighted by atomic mass is 19.1. The number of rotatable bonds is 3. The fourth-order valence-corrected chi connectivity index (χ4v) is 2.79. The van der Waals surface area contributed by atoms with Crippen LogP contribution in [0.25, 0.3) is 0 Å². The molecular formula is C14H20FN3. The monoisotopic (exact) mass is 249 g/mol. The van der Waals surface area contributed by atoms with Crippen molar-refractivity contribution in [1.82, 2.24) is 9.88 Å². The molecule has 2 heterocycles. The molecule has 1 saturated carbocycles. The van der Waals surface area contributed by atoms with Gasteiger partial charge in [0.2, 0.25) is 0 Å². The molecule has 0 N–H and O–H groups in total. The lowest BCUT2D eigenvalue weighted by atomic mass is 10.1. The Labute approximate surface area is 108 Å². The first kappa shape index (κ1) is 11.9. The van der Waals surface area contributed by atoms with E-state index in [0.717, 1.165) is 32.5 Å². The Bertz CT molecular complexity index is 405. The van der Waals surface area contributed by atoms with Crippen molar-refractivity contribution >= 4 is 5.69 Å². The fraction of sp³-hybridized carbons (Fsp3) is 0.643. The van der Waals surface area contributed by atoms with Crippen LogP contribution in [0, 0.1) is 0 Å². The van der Waals surface area contributed by atoms with E-state index in [-0.39, 0.29) is 0 Å². The highest BCUT2D eigenvalue weighted by Gasteiger charge is 2.45. The predicted molar refractivity (Wildman–Crippen MR) is 70.6 cm³/mol. The number of anilines is 1. The molecule has 3 nitrogen and oxygen atoms in total. The van der Waals surface area contributed by atoms with Gasteiger partial charge in [0.25, 0.3) is 0 Å². The lowest BCUT2D eigenvalue weighted by molar-refractivity contribution is 0.154. The third-order valence-corrected chi connectivity index (χ3v) is 4.01. The molecule has 98 valence electrons. The SMILES string of the molecule is CC1CN(CC2(F)CC2)CCN1c1ccncc1. The summed E-state index contributed by atoms with van der Waals surface area (Å²) in [6.45, 7) is 5.72. The maximum atomic E-state index is 13.8. The Morgan fingerprint density at radius 3 is 2.67 bits per heavy atom. The Morgan fingerprint density at radius 2 is 2.06 bits per heavy atom. The first-order valence-corrected chi connectivity index (χ1v) is 6.74. The first-order valence-electron chi connectivity index (χ1n) is 6.74. The minimum absolute atomic E-state index is 0.434. The third kappa shape index (κ3) is 2.48. The molecule has 3 rings (SSSR count). The van der Waals surface area contributed by atoms with Gasteiger partial charge >= 0.3 is 0 Å². The maximum absolute atomic E-state index is 13.8. The van der Waals surface area contributed by atoms with Crippen LogP contribution >= 0.6 is 0 Å². The summed E-state index contributed by atoms with van der Waals surface area (Å²) in [5.41, 5.74) is 0.358. The van der Waals surface area contributed by atoms with Gasteiger partial charge in [0.1, 0.15) is 5.67 Å². The van der Waals surface area contributed by atoms with Gasteiger partial charge in [-0.3, -0.25) is 9.88 Å². The van der Waals surface area contributed by atoms with Gasteiger partial charge in [-0.2, -0.15) is 0 Å². The highest BCUT2D eigenvalue weighted by molar-refractivity contribution is 5.46. The summed E-state index contributed by atoms with van der Waals surface area (Å²) in [5, 5.41) is 0. The summed E-state index contributed by atoms with van der Waals surface area (Å²) in [7, 11) is 0. The van der Waals surface area contributed by atoms with Crippen LogP contribution < -0.4 is 4.90 Å². The standard InChI is InChI=1S/C14H20FN3/c1-12-10-17(11-14(15)4-5-14)8-9-18(12)13-2-6-16-7-3-13/h2-3,6-7,12H,4-5,8-11H2,1H3. The molecular weight excluding hydrogens is 229 g/mol. The zero-order valence-corrected chi connectivity index (χ0v) is 10.8. The Kier molecular flexibility index (Phi) is 2.98. The number of hydrogen-bond donors (Lipinski definition) is 0. The van der Waals surface area contributed by atoms with Crippen molar-refractivity contribution in [1.29, 1.82) is 0 Å². The van der Waals surface area contributed by atoms with Crippen LogP contribution in [0.1, 0.15) is 19.8 Å². The second kappa shape index (κ2) is 4.50. The summed E-state index contributed by atoms with van der Waals surface area (Å²) < 4.78 is 13.8. The van der Waals surface area contributed by atoms with Gasteiger partial charge in [-0.05, 0) is 31.9 Å². The second-order valence-corrected chi connectivity index (χ2v) is 5.63. The molecule has 1 aromatic rings. The molecule has 1 unspecified atom stereocenters. The number of alkyl halides is 1. The topological polar surface area (TPSA) is 19.4 Å². The molecule has 0 aromatic carbocycles. The Morgan fingerprint density at radius 1 is 1.33 bits per heavy atom. The number of pyridine rings is 1. The normalized spacial score (nSPS) is 27.2. The fourth-order valence-electron chi connectivity index (χ4n) is 2.79. The summed E-state index contributed by atoms with van der Waals surface area (Å²) in [5.74, 6) is 0. The molecule has 0 radical (unpaired) electrons. The molecule has 0 bridgehead atoms. The highest BCUT2D eigenvalue weighted by Crippen LogP contribution is 2.40. The van der Waals surface area contributed by atoms with Gasteiger partial charge in [0, 0.05) is 50.3 Å². The predicted octanol–water partition coefficient (Wildman–Crippen LogP) is 2.09. The minimum Gasteiger partial charge on any atom is -0.366 e. The van der Waals surface area contributed by atoms with Crippen molar-refractivity contribution in [3.8, 4) is 0 Å². The van der Waals surface area contributed by atoms with E-state index in [1.165, 1.54) is 5.69 Å². The molecule has 18 heavy (non-hydrogen) atoms. The molecule has 2 fully saturated rings. The number of aromatic nitrogens is 1. The average Bonchev–Trinajstić information content (AvgIpc) is 3.08. The molecule has 1 aliphatic carbocycles. The first-order chi connectivity index (χ1) is 8.66. The number of nitrogens with zero attached hydrogens (tertiary/aromatic N) is 3. The van der Waals surface area contributed by atoms with Crippen LogP contribution in [0.4, 0.5) is 10.1 Å². The van der Waals surface area contributed by atoms with Gasteiger partial charge in [-0.15, -0.1) is 0 Å². The van der Waals surface area contributed by atoms with E-state index in [1.54, 1.807) is 0 Å². The largest absolute Gasteiger partial charge is 0.366 e. The Balaban J connectivity index is 1.61. The van der Waals surface area contributed by atoms with Gasteiger partial charge in [0.05, 0.1) is 0 Å². The molecule has 2 aliphatic rings. The van der Waals surface area contributed by atoms with Crippen molar-refractivity contribution < 1.29 is 4.39 Å². The van der Waals surface area contributed by atoms with E-state index in [0.29, 0.717) is 12.6 Å². The minimum atomic E-state index is -0.863. The van der Waals surface area contributed by atoms with Crippen molar-refractivity contribution in [2.75, 3.05) is 31.1 Å². The van der Waals surface area contributed by atoms with E-state index >= 15 is 0 Å². The van der Waals surface area contributed by atoms with Crippen LogP contribution in [0.15, 0.2) is 24.5 Å². The summed E-state index contributed by atoms with van der Waals surface area (Å²) >= 11 is 0. The van der Waals surface area contributed by atoms with E-state index in [2.05, 4.69) is 21.7 Å².